The maximum absolute atomic E-state index is 12.8. The van der Waals surface area contributed by atoms with Gasteiger partial charge in [-0.15, -0.1) is 0 Å². The zero-order valence-electron chi connectivity index (χ0n) is 14.5. The maximum atomic E-state index is 12.8. The molecule has 0 aromatic heterocycles. The molecule has 5 aliphatic carbocycles. The van der Waals surface area contributed by atoms with Gasteiger partial charge in [-0.25, -0.2) is 0 Å². The first-order valence-electron chi connectivity index (χ1n) is 9.65. The number of carbonyl (C=O) groups excluding carboxylic acids is 1. The maximum Gasteiger partial charge on any atom is 0.307 e. The molecule has 3 atom stereocenters. The molecule has 0 spiro atoms. The van der Waals surface area contributed by atoms with Crippen LogP contribution in [0.3, 0.4) is 0 Å². The van der Waals surface area contributed by atoms with Crippen LogP contribution in [-0.4, -0.2) is 23.0 Å². The number of amides is 1. The highest BCUT2D eigenvalue weighted by Gasteiger charge is 2.53. The molecule has 0 radical (unpaired) electrons. The normalized spacial score (nSPS) is 44.3. The molecule has 5 rings (SSSR count). The zero-order valence-corrected chi connectivity index (χ0v) is 14.5. The van der Waals surface area contributed by atoms with Crippen LogP contribution in [-0.2, 0) is 9.59 Å². The minimum Gasteiger partial charge on any atom is -0.481 e. The number of carboxylic acid groups (broad SMARTS) is 1. The molecule has 0 aromatic carbocycles. The summed E-state index contributed by atoms with van der Waals surface area (Å²) in [5, 5.41) is 12.7. The van der Waals surface area contributed by atoms with E-state index in [9.17, 15) is 14.7 Å². The number of carboxylic acids is 1. The van der Waals surface area contributed by atoms with E-state index in [0.29, 0.717) is 12.8 Å². The van der Waals surface area contributed by atoms with Crippen LogP contribution < -0.4 is 5.32 Å². The lowest BCUT2D eigenvalue weighted by atomic mass is 9.48. The first kappa shape index (κ1) is 16.2. The van der Waals surface area contributed by atoms with Gasteiger partial charge in [-0.2, -0.15) is 0 Å². The van der Waals surface area contributed by atoms with Gasteiger partial charge in [0.1, 0.15) is 0 Å². The highest BCUT2D eigenvalue weighted by atomic mass is 16.4. The van der Waals surface area contributed by atoms with Gasteiger partial charge >= 0.3 is 5.97 Å². The molecular weight excluding hydrogens is 302 g/mol. The van der Waals surface area contributed by atoms with E-state index in [2.05, 4.69) is 12.2 Å². The van der Waals surface area contributed by atoms with Crippen molar-refractivity contribution in [1.29, 1.82) is 0 Å². The third-order valence-electron chi connectivity index (χ3n) is 7.45. The van der Waals surface area contributed by atoms with Crippen LogP contribution in [0.25, 0.3) is 0 Å². The van der Waals surface area contributed by atoms with Crippen molar-refractivity contribution >= 4 is 11.9 Å². The highest BCUT2D eigenvalue weighted by Crippen LogP contribution is 2.61. The molecule has 3 unspecified atom stereocenters. The molecular formula is C20H29NO3. The van der Waals surface area contributed by atoms with Gasteiger partial charge in [-0.3, -0.25) is 9.59 Å². The number of hydrogen-bond acceptors (Lipinski definition) is 2. The lowest BCUT2D eigenvalue weighted by molar-refractivity contribution is -0.148. The summed E-state index contributed by atoms with van der Waals surface area (Å²) in [4.78, 5) is 24.3. The lowest BCUT2D eigenvalue weighted by Crippen LogP contribution is -2.57. The molecule has 0 heterocycles. The van der Waals surface area contributed by atoms with Gasteiger partial charge in [0.25, 0.3) is 0 Å². The minimum absolute atomic E-state index is 0.0463. The number of hydrogen-bond donors (Lipinski definition) is 2. The quantitative estimate of drug-likeness (QED) is 0.776. The van der Waals surface area contributed by atoms with E-state index >= 15 is 0 Å². The fourth-order valence-electron chi connectivity index (χ4n) is 6.56. The molecule has 0 aliphatic heterocycles. The van der Waals surface area contributed by atoms with Gasteiger partial charge in [-0.05, 0) is 81.5 Å². The second-order valence-electron chi connectivity index (χ2n) is 9.00. The van der Waals surface area contributed by atoms with E-state index in [-0.39, 0.29) is 17.4 Å². The van der Waals surface area contributed by atoms with Crippen molar-refractivity contribution in [3.05, 3.63) is 12.2 Å². The molecule has 4 saturated carbocycles. The highest BCUT2D eigenvalue weighted by molar-refractivity contribution is 5.85. The molecule has 4 heteroatoms. The molecule has 0 aromatic rings. The smallest absolute Gasteiger partial charge is 0.307 e. The number of nitrogens with one attached hydrogen (secondary N) is 1. The first-order chi connectivity index (χ1) is 11.5. The average Bonchev–Trinajstić information content (AvgIpc) is 2.53. The number of carbonyl (C=O) groups is 2. The Kier molecular flexibility index (Phi) is 3.97. The van der Waals surface area contributed by atoms with Crippen molar-refractivity contribution in [1.82, 2.24) is 5.32 Å². The van der Waals surface area contributed by atoms with E-state index in [4.69, 9.17) is 0 Å². The molecule has 4 fully saturated rings. The van der Waals surface area contributed by atoms with E-state index in [1.807, 2.05) is 12.2 Å². The Balaban J connectivity index is 1.46. The summed E-state index contributed by atoms with van der Waals surface area (Å²) in [6.07, 6.45) is 12.8. The van der Waals surface area contributed by atoms with Gasteiger partial charge in [0.2, 0.25) is 5.91 Å². The van der Waals surface area contributed by atoms with Crippen LogP contribution in [0.15, 0.2) is 12.2 Å². The van der Waals surface area contributed by atoms with Crippen LogP contribution in [0.1, 0.15) is 58.3 Å². The Hall–Kier alpha value is -1.32. The Morgan fingerprint density at radius 3 is 2.00 bits per heavy atom. The summed E-state index contributed by atoms with van der Waals surface area (Å²) in [6, 6.07) is 0.166. The monoisotopic (exact) mass is 331 g/mol. The number of rotatable bonds is 4. The Morgan fingerprint density at radius 2 is 1.50 bits per heavy atom. The third kappa shape index (κ3) is 2.68. The van der Waals surface area contributed by atoms with Gasteiger partial charge < -0.3 is 10.4 Å². The van der Waals surface area contributed by atoms with Crippen molar-refractivity contribution in [3.8, 4) is 0 Å². The van der Waals surface area contributed by atoms with Crippen LogP contribution in [0.5, 0.6) is 0 Å². The molecule has 4 bridgehead atoms. The van der Waals surface area contributed by atoms with Crippen LogP contribution in [0.4, 0.5) is 0 Å². The topological polar surface area (TPSA) is 66.4 Å². The Labute approximate surface area is 144 Å². The summed E-state index contributed by atoms with van der Waals surface area (Å²) >= 11 is 0. The Morgan fingerprint density at radius 1 is 1.00 bits per heavy atom. The molecule has 4 nitrogen and oxygen atoms in total. The van der Waals surface area contributed by atoms with Crippen molar-refractivity contribution in [3.63, 3.8) is 0 Å². The third-order valence-corrected chi connectivity index (χ3v) is 7.45. The largest absolute Gasteiger partial charge is 0.481 e. The fraction of sp³-hybridized carbons (Fsp3) is 0.800. The Bertz CT molecular complexity index is 532. The van der Waals surface area contributed by atoms with E-state index in [0.717, 1.165) is 17.8 Å². The SMILES string of the molecule is CC(NC(=O)C1CC=CCC1C(=O)O)C12CC3CC(CC(C3)C1)C2. The van der Waals surface area contributed by atoms with E-state index in [1.165, 1.54) is 38.5 Å². The molecule has 1 amide bonds. The van der Waals surface area contributed by atoms with Crippen LogP contribution in [0, 0.1) is 35.0 Å². The fourth-order valence-corrected chi connectivity index (χ4v) is 6.56. The minimum atomic E-state index is -0.845. The van der Waals surface area contributed by atoms with Crippen molar-refractivity contribution < 1.29 is 14.7 Å². The average molecular weight is 331 g/mol. The molecule has 132 valence electrons. The van der Waals surface area contributed by atoms with Crippen molar-refractivity contribution in [2.24, 2.45) is 35.0 Å². The second kappa shape index (κ2) is 5.89. The summed E-state index contributed by atoms with van der Waals surface area (Å²) < 4.78 is 0. The zero-order chi connectivity index (χ0) is 16.9. The van der Waals surface area contributed by atoms with Crippen LogP contribution >= 0.6 is 0 Å². The van der Waals surface area contributed by atoms with Gasteiger partial charge in [-0.1, -0.05) is 12.2 Å². The first-order valence-corrected chi connectivity index (χ1v) is 9.65. The predicted molar refractivity (Wildman–Crippen MR) is 91.2 cm³/mol. The van der Waals surface area contributed by atoms with Crippen molar-refractivity contribution in [2.45, 2.75) is 64.3 Å². The summed E-state index contributed by atoms with van der Waals surface area (Å²) in [7, 11) is 0. The van der Waals surface area contributed by atoms with E-state index in [1.54, 1.807) is 0 Å². The molecule has 24 heavy (non-hydrogen) atoms. The molecule has 2 N–H and O–H groups in total. The summed E-state index contributed by atoms with van der Waals surface area (Å²) in [5.41, 5.74) is 0.271. The van der Waals surface area contributed by atoms with Gasteiger partial charge in [0.15, 0.2) is 0 Å². The van der Waals surface area contributed by atoms with Crippen molar-refractivity contribution in [2.75, 3.05) is 0 Å². The molecule has 0 saturated heterocycles. The molecule has 5 aliphatic rings. The lowest BCUT2D eigenvalue weighted by Gasteiger charge is -2.59. The predicted octanol–water partition coefficient (Wildman–Crippen LogP) is 3.37. The summed E-state index contributed by atoms with van der Waals surface area (Å²) in [6.45, 7) is 2.17. The second-order valence-corrected chi connectivity index (χ2v) is 9.00. The number of aliphatic carboxylic acids is 1. The standard InChI is InChI=1S/C20H29NO3/c1-12(20-9-13-6-14(10-20)8-15(7-13)11-20)21-18(22)16-4-2-3-5-17(16)19(23)24/h2-3,12-17H,4-11H2,1H3,(H,21,22)(H,23,24). The van der Waals surface area contributed by atoms with Gasteiger partial charge in [0, 0.05) is 6.04 Å². The van der Waals surface area contributed by atoms with Gasteiger partial charge in [0.05, 0.1) is 11.8 Å². The summed E-state index contributed by atoms with van der Waals surface area (Å²) in [5.74, 6) is 0.708. The van der Waals surface area contributed by atoms with Crippen LogP contribution in [0.2, 0.25) is 0 Å². The van der Waals surface area contributed by atoms with E-state index < -0.39 is 17.8 Å². The number of allylic oxidation sites excluding steroid dienone is 2.